The van der Waals surface area contributed by atoms with Crippen LogP contribution in [0.1, 0.15) is 18.9 Å². The van der Waals surface area contributed by atoms with Crippen molar-refractivity contribution in [2.75, 3.05) is 31.1 Å². The largest absolute Gasteiger partial charge is 0.545 e. The summed E-state index contributed by atoms with van der Waals surface area (Å²) in [4.78, 5) is 26.0. The Kier molecular flexibility index (Phi) is 5.58. The van der Waals surface area contributed by atoms with Gasteiger partial charge in [-0.1, -0.05) is 25.5 Å². The Balaban J connectivity index is 1.88. The molecule has 0 aromatic heterocycles. The third kappa shape index (κ3) is 4.35. The number of hydrogen-bond donors (Lipinski definition) is 0. The maximum absolute atomic E-state index is 11.8. The molecule has 1 fully saturated rings. The van der Waals surface area contributed by atoms with E-state index < -0.39 is 5.97 Å². The maximum Gasteiger partial charge on any atom is 0.246 e. The van der Waals surface area contributed by atoms with E-state index in [1.807, 2.05) is 0 Å². The molecule has 1 aliphatic heterocycles. The SMILES string of the molecule is CCCc1ccc(N2CCN(C(=O)C=CC(=O)[O-])CC2)cc1. The van der Waals surface area contributed by atoms with Gasteiger partial charge in [-0.2, -0.15) is 0 Å². The molecule has 1 amide bonds. The molecule has 0 N–H and O–H groups in total. The lowest BCUT2D eigenvalue weighted by atomic mass is 10.1. The fourth-order valence-electron chi connectivity index (χ4n) is 2.59. The number of carboxylic acids is 1. The van der Waals surface area contributed by atoms with Gasteiger partial charge in [0.15, 0.2) is 0 Å². The van der Waals surface area contributed by atoms with Gasteiger partial charge in [-0.15, -0.1) is 0 Å². The summed E-state index contributed by atoms with van der Waals surface area (Å²) < 4.78 is 0. The number of aliphatic carboxylic acids is 1. The third-order valence-electron chi connectivity index (χ3n) is 3.79. The van der Waals surface area contributed by atoms with Crippen LogP contribution in [-0.2, 0) is 16.0 Å². The maximum atomic E-state index is 11.8. The zero-order chi connectivity index (χ0) is 15.9. The summed E-state index contributed by atoms with van der Waals surface area (Å²) in [7, 11) is 0. The molecule has 2 rings (SSSR count). The average molecular weight is 301 g/mol. The smallest absolute Gasteiger partial charge is 0.246 e. The highest BCUT2D eigenvalue weighted by molar-refractivity contribution is 5.93. The molecule has 22 heavy (non-hydrogen) atoms. The monoisotopic (exact) mass is 301 g/mol. The molecule has 0 saturated carbocycles. The number of amides is 1. The highest BCUT2D eigenvalue weighted by atomic mass is 16.4. The number of carboxylic acid groups (broad SMARTS) is 1. The standard InChI is InChI=1S/C17H22N2O3/c1-2-3-14-4-6-15(7-5-14)18-10-12-19(13-11-18)16(20)8-9-17(21)22/h4-9H,2-3,10-13H2,1H3,(H,21,22)/p-1. The van der Waals surface area contributed by atoms with Gasteiger partial charge in [0.1, 0.15) is 0 Å². The second-order valence-corrected chi connectivity index (χ2v) is 5.38. The van der Waals surface area contributed by atoms with Crippen molar-refractivity contribution in [2.45, 2.75) is 19.8 Å². The normalized spacial score (nSPS) is 15.3. The molecule has 0 atom stereocenters. The minimum absolute atomic E-state index is 0.276. The van der Waals surface area contributed by atoms with Gasteiger partial charge in [0.05, 0.1) is 5.97 Å². The van der Waals surface area contributed by atoms with E-state index in [0.717, 1.165) is 43.8 Å². The van der Waals surface area contributed by atoms with E-state index in [0.29, 0.717) is 13.1 Å². The van der Waals surface area contributed by atoms with Gasteiger partial charge < -0.3 is 19.7 Å². The van der Waals surface area contributed by atoms with Crippen molar-refractivity contribution in [3.8, 4) is 0 Å². The number of anilines is 1. The number of carbonyl (C=O) groups excluding carboxylic acids is 2. The van der Waals surface area contributed by atoms with Crippen LogP contribution in [-0.4, -0.2) is 43.0 Å². The van der Waals surface area contributed by atoms with Crippen LogP contribution in [0.25, 0.3) is 0 Å². The zero-order valence-electron chi connectivity index (χ0n) is 12.8. The molecule has 1 aromatic carbocycles. The van der Waals surface area contributed by atoms with Gasteiger partial charge >= 0.3 is 0 Å². The number of hydrogen-bond acceptors (Lipinski definition) is 4. The first-order valence-corrected chi connectivity index (χ1v) is 7.62. The molecule has 1 aliphatic rings. The summed E-state index contributed by atoms with van der Waals surface area (Å²) in [6.45, 7) is 4.84. The first-order chi connectivity index (χ1) is 10.6. The van der Waals surface area contributed by atoms with Crippen molar-refractivity contribution in [1.82, 2.24) is 4.90 Å². The van der Waals surface area contributed by atoms with Crippen molar-refractivity contribution in [2.24, 2.45) is 0 Å². The summed E-state index contributed by atoms with van der Waals surface area (Å²) in [5, 5.41) is 10.3. The van der Waals surface area contributed by atoms with E-state index in [1.165, 1.54) is 5.56 Å². The van der Waals surface area contributed by atoms with Gasteiger partial charge in [0.2, 0.25) is 5.91 Å². The Bertz CT molecular complexity index is 544. The molecule has 1 heterocycles. The Morgan fingerprint density at radius 1 is 1.09 bits per heavy atom. The Hall–Kier alpha value is -2.30. The molecule has 1 aromatic rings. The molecule has 1 saturated heterocycles. The van der Waals surface area contributed by atoms with Crippen molar-refractivity contribution in [1.29, 1.82) is 0 Å². The quantitative estimate of drug-likeness (QED) is 0.747. The molecule has 0 radical (unpaired) electrons. The second-order valence-electron chi connectivity index (χ2n) is 5.38. The predicted octanol–water partition coefficient (Wildman–Crippen LogP) is 0.594. The lowest BCUT2D eigenvalue weighted by Gasteiger charge is -2.35. The zero-order valence-corrected chi connectivity index (χ0v) is 12.8. The Labute approximate surface area is 130 Å². The van der Waals surface area contributed by atoms with E-state index in [4.69, 9.17) is 0 Å². The lowest BCUT2D eigenvalue weighted by Crippen LogP contribution is -2.48. The number of carbonyl (C=O) groups is 2. The van der Waals surface area contributed by atoms with E-state index in [1.54, 1.807) is 4.90 Å². The average Bonchev–Trinajstić information content (AvgIpc) is 2.54. The van der Waals surface area contributed by atoms with Crippen LogP contribution < -0.4 is 10.0 Å². The summed E-state index contributed by atoms with van der Waals surface area (Å²) in [6, 6.07) is 8.55. The highest BCUT2D eigenvalue weighted by Crippen LogP contribution is 2.18. The highest BCUT2D eigenvalue weighted by Gasteiger charge is 2.19. The number of rotatable bonds is 5. The molecular weight excluding hydrogens is 280 g/mol. The molecular formula is C17H21N2O3-. The van der Waals surface area contributed by atoms with E-state index in [2.05, 4.69) is 36.1 Å². The van der Waals surface area contributed by atoms with Gasteiger partial charge in [-0.05, 0) is 30.2 Å². The van der Waals surface area contributed by atoms with Crippen molar-refractivity contribution < 1.29 is 14.7 Å². The van der Waals surface area contributed by atoms with Crippen molar-refractivity contribution in [3.05, 3.63) is 42.0 Å². The summed E-state index contributed by atoms with van der Waals surface area (Å²) in [5.41, 5.74) is 2.50. The number of benzene rings is 1. The fourth-order valence-corrected chi connectivity index (χ4v) is 2.59. The molecule has 118 valence electrons. The molecule has 0 bridgehead atoms. The number of aryl methyl sites for hydroxylation is 1. The second kappa shape index (κ2) is 7.64. The van der Waals surface area contributed by atoms with E-state index >= 15 is 0 Å². The number of piperazine rings is 1. The Morgan fingerprint density at radius 2 is 1.73 bits per heavy atom. The minimum atomic E-state index is -1.35. The van der Waals surface area contributed by atoms with E-state index in [-0.39, 0.29) is 5.91 Å². The van der Waals surface area contributed by atoms with Crippen LogP contribution >= 0.6 is 0 Å². The fraction of sp³-hybridized carbons (Fsp3) is 0.412. The first kappa shape index (κ1) is 16.1. The first-order valence-electron chi connectivity index (χ1n) is 7.62. The molecule has 0 spiro atoms. The van der Waals surface area contributed by atoms with Crippen molar-refractivity contribution in [3.63, 3.8) is 0 Å². The third-order valence-corrected chi connectivity index (χ3v) is 3.79. The van der Waals surface area contributed by atoms with Crippen LogP contribution in [0.5, 0.6) is 0 Å². The molecule has 0 aliphatic carbocycles. The topological polar surface area (TPSA) is 63.7 Å². The summed E-state index contributed by atoms with van der Waals surface area (Å²) in [6.07, 6.45) is 4.07. The van der Waals surface area contributed by atoms with Gasteiger partial charge in [-0.3, -0.25) is 4.79 Å². The summed E-state index contributed by atoms with van der Waals surface area (Å²) in [5.74, 6) is -1.62. The minimum Gasteiger partial charge on any atom is -0.545 e. The predicted molar refractivity (Wildman–Crippen MR) is 83.4 cm³/mol. The number of nitrogens with zero attached hydrogens (tertiary/aromatic N) is 2. The van der Waals surface area contributed by atoms with E-state index in [9.17, 15) is 14.7 Å². The van der Waals surface area contributed by atoms with Crippen molar-refractivity contribution >= 4 is 17.6 Å². The lowest BCUT2D eigenvalue weighted by molar-refractivity contribution is -0.297. The van der Waals surface area contributed by atoms with Crippen LogP contribution in [0.4, 0.5) is 5.69 Å². The van der Waals surface area contributed by atoms with Gasteiger partial charge in [0.25, 0.3) is 0 Å². The van der Waals surface area contributed by atoms with Crippen LogP contribution in [0.15, 0.2) is 36.4 Å². The molecule has 5 nitrogen and oxygen atoms in total. The van der Waals surface area contributed by atoms with Gasteiger partial charge in [0, 0.05) is 37.9 Å². The van der Waals surface area contributed by atoms with Crippen LogP contribution in [0.2, 0.25) is 0 Å². The molecule has 5 heteroatoms. The van der Waals surface area contributed by atoms with Gasteiger partial charge in [-0.25, -0.2) is 0 Å². The molecule has 0 unspecified atom stereocenters. The van der Waals surface area contributed by atoms with Crippen LogP contribution in [0.3, 0.4) is 0 Å². The summed E-state index contributed by atoms with van der Waals surface area (Å²) >= 11 is 0. The Morgan fingerprint density at radius 3 is 2.27 bits per heavy atom. The van der Waals surface area contributed by atoms with Crippen LogP contribution in [0, 0.1) is 0 Å².